The predicted octanol–water partition coefficient (Wildman–Crippen LogP) is 8.04. The van der Waals surface area contributed by atoms with Crippen LogP contribution in [0.2, 0.25) is 0 Å². The molecule has 2 heterocycles. The highest BCUT2D eigenvalue weighted by Crippen LogP contribution is 2.34. The average Bonchev–Trinajstić information content (AvgIpc) is 3.61. The third-order valence-electron chi connectivity index (χ3n) is 9.61. The number of nitrogens with one attached hydrogen (secondary N) is 1. The Bertz CT molecular complexity index is 2400. The smallest absolute Gasteiger partial charge is 0.407 e. The normalized spacial score (nSPS) is 13.7. The summed E-state index contributed by atoms with van der Waals surface area (Å²) in [5.74, 6) is -0.870. The summed E-state index contributed by atoms with van der Waals surface area (Å²) >= 11 is 0. The molecule has 1 aromatic heterocycles. The van der Waals surface area contributed by atoms with Gasteiger partial charge in [0.2, 0.25) is 0 Å². The maximum atomic E-state index is 14.9. The number of amides is 3. The Morgan fingerprint density at radius 2 is 1.45 bits per heavy atom. The lowest BCUT2D eigenvalue weighted by Gasteiger charge is -2.37. The van der Waals surface area contributed by atoms with Crippen LogP contribution >= 0.6 is 0 Å². The summed E-state index contributed by atoms with van der Waals surface area (Å²) in [7, 11) is 0. The number of carbonyl (C=O) groups is 4. The SMILES string of the molecule is CCOC(=O)COc1ccc2c(C(=O)N(c3ccccc3)c3ccccc3)nn(-c3ccccc3C(=O)N3Cc4ccccc4C[C@H]3CNC(=O)OC(C)(C)C)c2c1. The molecule has 0 radical (unpaired) electrons. The van der Waals surface area contributed by atoms with Gasteiger partial charge in [0.15, 0.2) is 12.3 Å². The Hall–Kier alpha value is -6.95. The molecule has 1 atom stereocenters. The molecular formula is C46H45N5O7. The summed E-state index contributed by atoms with van der Waals surface area (Å²) in [6.07, 6.45) is -0.0560. The van der Waals surface area contributed by atoms with Gasteiger partial charge in [-0.3, -0.25) is 14.5 Å². The highest BCUT2D eigenvalue weighted by molar-refractivity contribution is 6.16. The highest BCUT2D eigenvalue weighted by atomic mass is 16.6. The minimum absolute atomic E-state index is 0.133. The zero-order chi connectivity index (χ0) is 40.8. The molecule has 5 aromatic carbocycles. The van der Waals surface area contributed by atoms with E-state index in [-0.39, 0.29) is 31.4 Å². The van der Waals surface area contributed by atoms with E-state index in [1.807, 2.05) is 84.9 Å². The molecule has 6 aromatic rings. The van der Waals surface area contributed by atoms with Crippen molar-refractivity contribution in [1.29, 1.82) is 0 Å². The summed E-state index contributed by atoms with van der Waals surface area (Å²) in [6, 6.07) is 38.3. The molecule has 296 valence electrons. The molecule has 0 saturated heterocycles. The Morgan fingerprint density at radius 1 is 0.810 bits per heavy atom. The van der Waals surface area contributed by atoms with Crippen LogP contribution in [0.1, 0.15) is 59.7 Å². The van der Waals surface area contributed by atoms with E-state index in [1.54, 1.807) is 84.6 Å². The Balaban J connectivity index is 1.32. The Morgan fingerprint density at radius 3 is 2.12 bits per heavy atom. The summed E-state index contributed by atoms with van der Waals surface area (Å²) in [5, 5.41) is 8.34. The molecule has 0 saturated carbocycles. The molecule has 1 aliphatic heterocycles. The van der Waals surface area contributed by atoms with E-state index in [2.05, 4.69) is 5.32 Å². The Kier molecular flexibility index (Phi) is 11.5. The van der Waals surface area contributed by atoms with Crippen molar-refractivity contribution in [3.63, 3.8) is 0 Å². The topological polar surface area (TPSA) is 132 Å². The molecule has 58 heavy (non-hydrogen) atoms. The fourth-order valence-electron chi connectivity index (χ4n) is 7.03. The van der Waals surface area contributed by atoms with E-state index in [1.165, 1.54) is 0 Å². The number of rotatable bonds is 11. The number of carbonyl (C=O) groups excluding carboxylic acids is 4. The van der Waals surface area contributed by atoms with Crippen LogP contribution in [0.3, 0.4) is 0 Å². The van der Waals surface area contributed by atoms with Crippen molar-refractivity contribution in [3.05, 3.63) is 150 Å². The van der Waals surface area contributed by atoms with Crippen LogP contribution in [0.25, 0.3) is 16.6 Å². The maximum absolute atomic E-state index is 14.9. The van der Waals surface area contributed by atoms with E-state index in [4.69, 9.17) is 19.3 Å². The van der Waals surface area contributed by atoms with E-state index in [0.717, 1.165) is 11.1 Å². The van der Waals surface area contributed by atoms with E-state index >= 15 is 0 Å². The lowest BCUT2D eigenvalue weighted by molar-refractivity contribution is -0.145. The fraction of sp³-hybridized carbons (Fsp3) is 0.239. The first-order valence-electron chi connectivity index (χ1n) is 19.2. The maximum Gasteiger partial charge on any atom is 0.407 e. The fourth-order valence-corrected chi connectivity index (χ4v) is 7.03. The van der Waals surface area contributed by atoms with Gasteiger partial charge in [0, 0.05) is 35.9 Å². The van der Waals surface area contributed by atoms with Gasteiger partial charge < -0.3 is 24.4 Å². The monoisotopic (exact) mass is 779 g/mol. The summed E-state index contributed by atoms with van der Waals surface area (Å²) < 4.78 is 18.0. The van der Waals surface area contributed by atoms with Gasteiger partial charge >= 0.3 is 12.1 Å². The number of aromatic nitrogens is 2. The zero-order valence-electron chi connectivity index (χ0n) is 32.9. The number of hydrogen-bond acceptors (Lipinski definition) is 8. The molecular weight excluding hydrogens is 735 g/mol. The van der Waals surface area contributed by atoms with Crippen LogP contribution in [-0.2, 0) is 27.2 Å². The summed E-state index contributed by atoms with van der Waals surface area (Å²) in [5.41, 5.74) is 4.04. The van der Waals surface area contributed by atoms with Gasteiger partial charge in [-0.25, -0.2) is 14.3 Å². The first-order valence-corrected chi connectivity index (χ1v) is 19.2. The van der Waals surface area contributed by atoms with Crippen LogP contribution in [0, 0.1) is 0 Å². The van der Waals surface area contributed by atoms with Crippen molar-refractivity contribution in [2.75, 3.05) is 24.7 Å². The van der Waals surface area contributed by atoms with E-state index in [9.17, 15) is 19.2 Å². The molecule has 12 nitrogen and oxygen atoms in total. The first kappa shape index (κ1) is 39.3. The second-order valence-electron chi connectivity index (χ2n) is 14.8. The van der Waals surface area contributed by atoms with Crippen LogP contribution in [0.5, 0.6) is 5.75 Å². The molecule has 7 rings (SSSR count). The van der Waals surface area contributed by atoms with Crippen molar-refractivity contribution in [1.82, 2.24) is 20.0 Å². The lowest BCUT2D eigenvalue weighted by Crippen LogP contribution is -2.50. The van der Waals surface area contributed by atoms with Gasteiger partial charge in [-0.2, -0.15) is 5.10 Å². The average molecular weight is 780 g/mol. The van der Waals surface area contributed by atoms with Crippen molar-refractivity contribution in [2.24, 2.45) is 0 Å². The molecule has 1 N–H and O–H groups in total. The van der Waals surface area contributed by atoms with Crippen molar-refractivity contribution in [3.8, 4) is 11.4 Å². The molecule has 12 heteroatoms. The molecule has 0 aliphatic carbocycles. The van der Waals surface area contributed by atoms with E-state index < -0.39 is 29.6 Å². The quantitative estimate of drug-likeness (QED) is 0.131. The molecule has 0 fully saturated rings. The van der Waals surface area contributed by atoms with Gasteiger partial charge in [-0.1, -0.05) is 72.8 Å². The van der Waals surface area contributed by atoms with Gasteiger partial charge in [0.05, 0.1) is 29.4 Å². The lowest BCUT2D eigenvalue weighted by atomic mass is 9.93. The molecule has 0 spiro atoms. The number of fused-ring (bicyclic) bond motifs is 2. The summed E-state index contributed by atoms with van der Waals surface area (Å²) in [6.45, 7) is 7.47. The second kappa shape index (κ2) is 17.0. The molecule has 0 unspecified atom stereocenters. The van der Waals surface area contributed by atoms with Crippen molar-refractivity contribution >= 4 is 46.2 Å². The van der Waals surface area contributed by atoms with Gasteiger partial charge in [-0.05, 0) is 93.8 Å². The number of nitrogens with zero attached hydrogens (tertiary/aromatic N) is 4. The highest BCUT2D eigenvalue weighted by Gasteiger charge is 2.33. The first-order chi connectivity index (χ1) is 28.0. The molecule has 1 aliphatic rings. The summed E-state index contributed by atoms with van der Waals surface area (Å²) in [4.78, 5) is 58.2. The minimum Gasteiger partial charge on any atom is -0.482 e. The van der Waals surface area contributed by atoms with Crippen molar-refractivity contribution in [2.45, 2.75) is 52.3 Å². The second-order valence-corrected chi connectivity index (χ2v) is 14.8. The largest absolute Gasteiger partial charge is 0.482 e. The number of alkyl carbamates (subject to hydrolysis) is 1. The van der Waals surface area contributed by atoms with Crippen LogP contribution < -0.4 is 15.0 Å². The zero-order valence-corrected chi connectivity index (χ0v) is 32.9. The third-order valence-corrected chi connectivity index (χ3v) is 9.61. The number of anilines is 2. The number of hydrogen-bond donors (Lipinski definition) is 1. The molecule has 0 bridgehead atoms. The Labute approximate surface area is 336 Å². The number of esters is 1. The van der Waals surface area contributed by atoms with Gasteiger partial charge in [0.1, 0.15) is 11.4 Å². The van der Waals surface area contributed by atoms with Crippen LogP contribution in [0.15, 0.2) is 127 Å². The minimum atomic E-state index is -0.687. The number of benzene rings is 5. The number of ether oxygens (including phenoxy) is 3. The van der Waals surface area contributed by atoms with Crippen molar-refractivity contribution < 1.29 is 33.4 Å². The predicted molar refractivity (Wildman–Crippen MR) is 221 cm³/mol. The third kappa shape index (κ3) is 8.71. The molecule has 3 amide bonds. The van der Waals surface area contributed by atoms with Crippen LogP contribution in [0.4, 0.5) is 16.2 Å². The number of para-hydroxylation sites is 3. The van der Waals surface area contributed by atoms with E-state index in [0.29, 0.717) is 52.2 Å². The van der Waals surface area contributed by atoms with Gasteiger partial charge in [0.25, 0.3) is 11.8 Å². The van der Waals surface area contributed by atoms with Crippen LogP contribution in [-0.4, -0.2) is 70.0 Å². The standard InChI is InChI=1S/C46H45N5O7/c1-5-56-41(52)30-57-36-24-25-37-40(27-36)51(48-42(37)44(54)50(33-18-8-6-9-19-33)34-20-10-7-11-21-34)39-23-15-14-22-38(39)43(53)49-29-32-17-13-12-16-31(32)26-35(49)28-47-45(55)58-46(2,3)4/h6-25,27,35H,5,26,28-30H2,1-4H3,(H,47,55)/t35-/m0/s1. The van der Waals surface area contributed by atoms with Gasteiger partial charge in [-0.15, -0.1) is 0 Å².